The van der Waals surface area contributed by atoms with Crippen LogP contribution in [-0.4, -0.2) is 51.1 Å². The van der Waals surface area contributed by atoms with Crippen molar-refractivity contribution in [1.29, 1.82) is 0 Å². The summed E-state index contributed by atoms with van der Waals surface area (Å²) in [6, 6.07) is 0. The van der Waals surface area contributed by atoms with E-state index in [0.29, 0.717) is 0 Å². The summed E-state index contributed by atoms with van der Waals surface area (Å²) in [6.07, 6.45) is -4.12. The first-order valence-corrected chi connectivity index (χ1v) is 3.77. The highest BCUT2D eigenvalue weighted by molar-refractivity contribution is 5.95. The number of hydrogen-bond acceptors (Lipinski definition) is 5. The number of epoxide rings is 1. The minimum atomic E-state index is -1.80. The fourth-order valence-electron chi connectivity index (χ4n) is 1.69. The number of carbonyl (C=O) groups excluding carboxylic acids is 1. The van der Waals surface area contributed by atoms with Crippen LogP contribution in [0.4, 0.5) is 0 Å². The Morgan fingerprint density at radius 2 is 2.25 bits per heavy atom. The molecule has 1 heterocycles. The molecule has 68 valence electrons. The molecular formula is C7H10O5. The molecule has 1 saturated carbocycles. The van der Waals surface area contributed by atoms with Gasteiger partial charge in [-0.15, -0.1) is 0 Å². The number of ketones is 1. The molecule has 5 nitrogen and oxygen atoms in total. The third-order valence-electron chi connectivity index (χ3n) is 2.60. The van der Waals surface area contributed by atoms with Crippen LogP contribution < -0.4 is 0 Å². The van der Waals surface area contributed by atoms with Gasteiger partial charge in [-0.1, -0.05) is 0 Å². The standard InChI is InChI=1S/C7H10O5/c1-2(8)7(11)5(10)3(9)4-6(7)12-4/h2,4-6,8,10-11H,1H3/t2-,4-,5-,6-,7-/m0/s1. The Labute approximate surface area is 68.6 Å². The van der Waals surface area contributed by atoms with Gasteiger partial charge >= 0.3 is 0 Å². The van der Waals surface area contributed by atoms with Gasteiger partial charge in [0, 0.05) is 0 Å². The van der Waals surface area contributed by atoms with E-state index in [-0.39, 0.29) is 0 Å². The molecule has 3 N–H and O–H groups in total. The van der Waals surface area contributed by atoms with E-state index in [2.05, 4.69) is 0 Å². The number of Topliss-reactive ketones (excluding diaryl/α,β-unsaturated/α-hetero) is 1. The van der Waals surface area contributed by atoms with Gasteiger partial charge < -0.3 is 20.1 Å². The van der Waals surface area contributed by atoms with Crippen molar-refractivity contribution in [2.45, 2.75) is 36.9 Å². The zero-order valence-corrected chi connectivity index (χ0v) is 6.47. The van der Waals surface area contributed by atoms with Crippen molar-refractivity contribution in [1.82, 2.24) is 0 Å². The van der Waals surface area contributed by atoms with Crippen LogP contribution in [0.1, 0.15) is 6.92 Å². The second-order valence-electron chi connectivity index (χ2n) is 3.35. The summed E-state index contributed by atoms with van der Waals surface area (Å²) in [6.45, 7) is 1.32. The number of aliphatic hydroxyl groups is 3. The van der Waals surface area contributed by atoms with Crippen molar-refractivity contribution < 1.29 is 24.9 Å². The van der Waals surface area contributed by atoms with Crippen molar-refractivity contribution in [3.8, 4) is 0 Å². The monoisotopic (exact) mass is 174 g/mol. The normalized spacial score (nSPS) is 53.7. The van der Waals surface area contributed by atoms with Crippen molar-refractivity contribution in [2.75, 3.05) is 0 Å². The first-order chi connectivity index (χ1) is 5.49. The molecule has 2 aliphatic rings. The molecule has 0 aromatic rings. The summed E-state index contributed by atoms with van der Waals surface area (Å²) < 4.78 is 4.79. The Morgan fingerprint density at radius 1 is 1.67 bits per heavy atom. The summed E-state index contributed by atoms with van der Waals surface area (Å²) >= 11 is 0. The molecule has 1 aliphatic carbocycles. The number of fused-ring (bicyclic) bond motifs is 1. The molecule has 2 fully saturated rings. The van der Waals surface area contributed by atoms with Gasteiger partial charge in [0.15, 0.2) is 11.4 Å². The number of ether oxygens (including phenoxy) is 1. The fraction of sp³-hybridized carbons (Fsp3) is 0.857. The number of carbonyl (C=O) groups is 1. The quantitative estimate of drug-likeness (QED) is 0.393. The van der Waals surface area contributed by atoms with Crippen molar-refractivity contribution >= 4 is 5.78 Å². The van der Waals surface area contributed by atoms with E-state index in [1.807, 2.05) is 0 Å². The second-order valence-corrected chi connectivity index (χ2v) is 3.35. The van der Waals surface area contributed by atoms with Crippen LogP contribution in [-0.2, 0) is 9.53 Å². The lowest BCUT2D eigenvalue weighted by Gasteiger charge is -2.29. The van der Waals surface area contributed by atoms with Gasteiger partial charge in [-0.2, -0.15) is 0 Å². The molecule has 0 amide bonds. The Balaban J connectivity index is 2.32. The van der Waals surface area contributed by atoms with Crippen molar-refractivity contribution in [3.63, 3.8) is 0 Å². The molecule has 12 heavy (non-hydrogen) atoms. The topological polar surface area (TPSA) is 90.3 Å². The molecule has 1 saturated heterocycles. The van der Waals surface area contributed by atoms with Gasteiger partial charge in [-0.25, -0.2) is 0 Å². The van der Waals surface area contributed by atoms with Crippen LogP contribution in [0.15, 0.2) is 0 Å². The Bertz CT molecular complexity index is 238. The van der Waals surface area contributed by atoms with Crippen molar-refractivity contribution in [3.05, 3.63) is 0 Å². The van der Waals surface area contributed by atoms with Crippen molar-refractivity contribution in [2.24, 2.45) is 0 Å². The summed E-state index contributed by atoms with van der Waals surface area (Å²) in [7, 11) is 0. The van der Waals surface area contributed by atoms with Crippen LogP contribution in [0.2, 0.25) is 0 Å². The zero-order valence-electron chi connectivity index (χ0n) is 6.47. The highest BCUT2D eigenvalue weighted by atomic mass is 16.6. The van der Waals surface area contributed by atoms with Crippen LogP contribution >= 0.6 is 0 Å². The predicted octanol–water partition coefficient (Wildman–Crippen LogP) is -2.19. The van der Waals surface area contributed by atoms with E-state index in [1.54, 1.807) is 0 Å². The van der Waals surface area contributed by atoms with E-state index in [1.165, 1.54) is 6.92 Å². The van der Waals surface area contributed by atoms with Crippen LogP contribution in [0.25, 0.3) is 0 Å². The summed E-state index contributed by atoms with van der Waals surface area (Å²) in [5.74, 6) is -0.539. The number of rotatable bonds is 1. The highest BCUT2D eigenvalue weighted by Crippen LogP contribution is 2.45. The lowest BCUT2D eigenvalue weighted by atomic mass is 9.92. The summed E-state index contributed by atoms with van der Waals surface area (Å²) in [5.41, 5.74) is -1.80. The highest BCUT2D eigenvalue weighted by Gasteiger charge is 2.72. The smallest absolute Gasteiger partial charge is 0.195 e. The van der Waals surface area contributed by atoms with E-state index in [0.717, 1.165) is 0 Å². The van der Waals surface area contributed by atoms with Gasteiger partial charge in [-0.3, -0.25) is 4.79 Å². The van der Waals surface area contributed by atoms with Gasteiger partial charge in [0.05, 0.1) is 6.10 Å². The maximum atomic E-state index is 11.0. The van der Waals surface area contributed by atoms with Gasteiger partial charge in [0.2, 0.25) is 0 Å². The average molecular weight is 174 g/mol. The summed E-state index contributed by atoms with van der Waals surface area (Å²) in [4.78, 5) is 11.0. The summed E-state index contributed by atoms with van der Waals surface area (Å²) in [5, 5.41) is 28.1. The molecule has 0 radical (unpaired) electrons. The average Bonchev–Trinajstić information content (AvgIpc) is 2.74. The molecule has 5 heteroatoms. The maximum Gasteiger partial charge on any atom is 0.195 e. The molecule has 0 unspecified atom stereocenters. The Hall–Kier alpha value is -0.490. The third-order valence-corrected chi connectivity index (χ3v) is 2.60. The molecule has 5 atom stereocenters. The number of aliphatic hydroxyl groups excluding tert-OH is 2. The minimum Gasteiger partial charge on any atom is -0.390 e. The zero-order chi connectivity index (χ0) is 9.09. The first kappa shape index (κ1) is 8.12. The Kier molecular flexibility index (Phi) is 1.39. The van der Waals surface area contributed by atoms with E-state index >= 15 is 0 Å². The molecule has 0 aromatic heterocycles. The van der Waals surface area contributed by atoms with E-state index in [9.17, 15) is 15.0 Å². The molecule has 0 aromatic carbocycles. The molecule has 2 rings (SSSR count). The lowest BCUT2D eigenvalue weighted by Crippen LogP contribution is -2.54. The largest absolute Gasteiger partial charge is 0.390 e. The van der Waals surface area contributed by atoms with E-state index in [4.69, 9.17) is 9.84 Å². The third kappa shape index (κ3) is 0.694. The molecule has 0 spiro atoms. The minimum absolute atomic E-state index is 0.539. The predicted molar refractivity (Wildman–Crippen MR) is 36.3 cm³/mol. The van der Waals surface area contributed by atoms with Crippen LogP contribution in [0, 0.1) is 0 Å². The van der Waals surface area contributed by atoms with Gasteiger partial charge in [0.1, 0.15) is 18.3 Å². The molecular weight excluding hydrogens is 164 g/mol. The lowest BCUT2D eigenvalue weighted by molar-refractivity contribution is -0.164. The first-order valence-electron chi connectivity index (χ1n) is 3.77. The van der Waals surface area contributed by atoms with Gasteiger partial charge in [-0.05, 0) is 6.92 Å². The fourth-order valence-corrected chi connectivity index (χ4v) is 1.69. The number of hydrogen-bond donors (Lipinski definition) is 3. The SMILES string of the molecule is C[C@H](O)[C@]1(O)[C@@H](O)C(=O)[C@@H]2O[C@@H]21. The Morgan fingerprint density at radius 3 is 2.50 bits per heavy atom. The van der Waals surface area contributed by atoms with Crippen LogP contribution in [0.5, 0.6) is 0 Å². The van der Waals surface area contributed by atoms with Crippen LogP contribution in [0.3, 0.4) is 0 Å². The molecule has 0 bridgehead atoms. The maximum absolute atomic E-state index is 11.0. The van der Waals surface area contributed by atoms with Gasteiger partial charge in [0.25, 0.3) is 0 Å². The molecule has 1 aliphatic heterocycles. The second kappa shape index (κ2) is 2.05. The van der Waals surface area contributed by atoms with E-state index < -0.39 is 35.8 Å².